The maximum Gasteiger partial charge on any atom is 0.341 e. The third kappa shape index (κ3) is 3.44. The fraction of sp³-hybridized carbons (Fsp3) is 0.562. The molecule has 20 heavy (non-hydrogen) atoms. The average molecular weight is 278 g/mol. The van der Waals surface area contributed by atoms with Gasteiger partial charge in [0.1, 0.15) is 5.56 Å². The standard InChI is InChI=1S/C16H22O4/c1-18-14-10-6-9-13(16(17)19-2)15(14)20-11-12-7-4-3-5-8-12/h6,9-10,12H,3-5,7-8,11H2,1-2H3. The van der Waals surface area contributed by atoms with Crippen LogP contribution < -0.4 is 9.47 Å². The minimum atomic E-state index is -0.400. The molecule has 0 radical (unpaired) electrons. The van der Waals surface area contributed by atoms with Crippen molar-refractivity contribution in [3.05, 3.63) is 23.8 Å². The Hall–Kier alpha value is -1.71. The zero-order valence-electron chi connectivity index (χ0n) is 12.2. The van der Waals surface area contributed by atoms with Crippen molar-refractivity contribution in [2.24, 2.45) is 5.92 Å². The van der Waals surface area contributed by atoms with Gasteiger partial charge in [0.15, 0.2) is 11.5 Å². The smallest absolute Gasteiger partial charge is 0.341 e. The third-order valence-electron chi connectivity index (χ3n) is 3.79. The number of para-hydroxylation sites is 1. The summed E-state index contributed by atoms with van der Waals surface area (Å²) in [5.74, 6) is 1.23. The number of hydrogen-bond donors (Lipinski definition) is 0. The molecule has 1 aliphatic rings. The van der Waals surface area contributed by atoms with Crippen LogP contribution in [-0.4, -0.2) is 26.8 Å². The lowest BCUT2D eigenvalue weighted by Crippen LogP contribution is -2.17. The summed E-state index contributed by atoms with van der Waals surface area (Å²) in [6.45, 7) is 0.629. The number of carbonyl (C=O) groups is 1. The Morgan fingerprint density at radius 2 is 1.95 bits per heavy atom. The van der Waals surface area contributed by atoms with Crippen LogP contribution in [0.5, 0.6) is 11.5 Å². The van der Waals surface area contributed by atoms with Gasteiger partial charge >= 0.3 is 5.97 Å². The van der Waals surface area contributed by atoms with Gasteiger partial charge in [-0.25, -0.2) is 4.79 Å². The van der Waals surface area contributed by atoms with Crippen LogP contribution in [0.25, 0.3) is 0 Å². The molecule has 0 N–H and O–H groups in total. The molecule has 0 atom stereocenters. The van der Waals surface area contributed by atoms with Gasteiger partial charge in [0.2, 0.25) is 0 Å². The highest BCUT2D eigenvalue weighted by atomic mass is 16.5. The Kier molecular flexibility index (Phi) is 5.27. The van der Waals surface area contributed by atoms with E-state index in [-0.39, 0.29) is 0 Å². The summed E-state index contributed by atoms with van der Waals surface area (Å²) < 4.78 is 16.0. The van der Waals surface area contributed by atoms with Crippen molar-refractivity contribution in [1.82, 2.24) is 0 Å². The van der Waals surface area contributed by atoms with Crippen LogP contribution in [0.15, 0.2) is 18.2 Å². The summed E-state index contributed by atoms with van der Waals surface area (Å²) in [6, 6.07) is 5.26. The molecule has 4 nitrogen and oxygen atoms in total. The molecule has 0 spiro atoms. The van der Waals surface area contributed by atoms with Crippen molar-refractivity contribution in [3.63, 3.8) is 0 Å². The van der Waals surface area contributed by atoms with Crippen molar-refractivity contribution in [2.45, 2.75) is 32.1 Å². The molecule has 0 heterocycles. The van der Waals surface area contributed by atoms with Crippen molar-refractivity contribution in [1.29, 1.82) is 0 Å². The zero-order chi connectivity index (χ0) is 14.4. The van der Waals surface area contributed by atoms with Gasteiger partial charge in [-0.15, -0.1) is 0 Å². The molecule has 0 bridgehead atoms. The van der Waals surface area contributed by atoms with Gasteiger partial charge in [0.25, 0.3) is 0 Å². The summed E-state index contributed by atoms with van der Waals surface area (Å²) in [7, 11) is 2.94. The van der Waals surface area contributed by atoms with Crippen molar-refractivity contribution >= 4 is 5.97 Å². The molecule has 1 fully saturated rings. The summed E-state index contributed by atoms with van der Waals surface area (Å²) in [6.07, 6.45) is 6.25. The predicted molar refractivity (Wildman–Crippen MR) is 76.4 cm³/mol. The Balaban J connectivity index is 2.13. The molecule has 0 saturated heterocycles. The van der Waals surface area contributed by atoms with Gasteiger partial charge in [0, 0.05) is 0 Å². The van der Waals surface area contributed by atoms with Gasteiger partial charge < -0.3 is 14.2 Å². The summed E-state index contributed by atoms with van der Waals surface area (Å²) >= 11 is 0. The Morgan fingerprint density at radius 1 is 1.20 bits per heavy atom. The number of hydrogen-bond acceptors (Lipinski definition) is 4. The highest BCUT2D eigenvalue weighted by molar-refractivity contribution is 5.93. The van der Waals surface area contributed by atoms with Gasteiger partial charge in [-0.05, 0) is 30.9 Å². The van der Waals surface area contributed by atoms with Crippen LogP contribution >= 0.6 is 0 Å². The highest BCUT2D eigenvalue weighted by Gasteiger charge is 2.20. The molecule has 4 heteroatoms. The van der Waals surface area contributed by atoms with E-state index in [1.165, 1.54) is 39.2 Å². The molecule has 0 unspecified atom stereocenters. The van der Waals surface area contributed by atoms with Crippen LogP contribution in [0.2, 0.25) is 0 Å². The Labute approximate surface area is 120 Å². The lowest BCUT2D eigenvalue weighted by molar-refractivity contribution is 0.0593. The molecule has 1 aromatic rings. The van der Waals surface area contributed by atoms with Crippen molar-refractivity contribution in [3.8, 4) is 11.5 Å². The monoisotopic (exact) mass is 278 g/mol. The first kappa shape index (κ1) is 14.7. The first-order valence-electron chi connectivity index (χ1n) is 7.14. The van der Waals surface area contributed by atoms with Crippen LogP contribution in [0.1, 0.15) is 42.5 Å². The predicted octanol–water partition coefficient (Wildman–Crippen LogP) is 3.44. The van der Waals surface area contributed by atoms with E-state index < -0.39 is 5.97 Å². The minimum Gasteiger partial charge on any atom is -0.493 e. The lowest BCUT2D eigenvalue weighted by atomic mass is 9.90. The normalized spacial score (nSPS) is 15.7. The largest absolute Gasteiger partial charge is 0.493 e. The molecular weight excluding hydrogens is 256 g/mol. The van der Waals surface area contributed by atoms with Crippen LogP contribution in [0.4, 0.5) is 0 Å². The zero-order valence-corrected chi connectivity index (χ0v) is 12.2. The van der Waals surface area contributed by atoms with Crippen LogP contribution in [-0.2, 0) is 4.74 Å². The molecule has 0 aliphatic heterocycles. The van der Waals surface area contributed by atoms with Crippen molar-refractivity contribution in [2.75, 3.05) is 20.8 Å². The molecule has 1 aliphatic carbocycles. The number of methoxy groups -OCH3 is 2. The Bertz CT molecular complexity index is 450. The van der Waals surface area contributed by atoms with Crippen LogP contribution in [0, 0.1) is 5.92 Å². The minimum absolute atomic E-state index is 0.400. The number of benzene rings is 1. The van der Waals surface area contributed by atoms with E-state index in [1.807, 2.05) is 0 Å². The van der Waals surface area contributed by atoms with Crippen molar-refractivity contribution < 1.29 is 19.0 Å². The summed E-state index contributed by atoms with van der Waals surface area (Å²) in [4.78, 5) is 11.8. The van der Waals surface area contributed by atoms with Gasteiger partial charge in [-0.1, -0.05) is 25.3 Å². The first-order valence-corrected chi connectivity index (χ1v) is 7.14. The maximum atomic E-state index is 11.8. The molecule has 0 aromatic heterocycles. The maximum absolute atomic E-state index is 11.8. The van der Waals surface area contributed by atoms with E-state index in [0.29, 0.717) is 29.6 Å². The molecule has 110 valence electrons. The SMILES string of the molecule is COC(=O)c1cccc(OC)c1OCC1CCCCC1. The quantitative estimate of drug-likeness (QED) is 0.774. The van der Waals surface area contributed by atoms with E-state index in [9.17, 15) is 4.79 Å². The second kappa shape index (κ2) is 7.17. The molecule has 1 aromatic carbocycles. The highest BCUT2D eigenvalue weighted by Crippen LogP contribution is 2.33. The Morgan fingerprint density at radius 3 is 2.60 bits per heavy atom. The molecule has 2 rings (SSSR count). The van der Waals surface area contributed by atoms with Gasteiger partial charge in [-0.3, -0.25) is 0 Å². The van der Waals surface area contributed by atoms with E-state index in [4.69, 9.17) is 14.2 Å². The number of rotatable bonds is 5. The topological polar surface area (TPSA) is 44.8 Å². The van der Waals surface area contributed by atoms with Gasteiger partial charge in [-0.2, -0.15) is 0 Å². The third-order valence-corrected chi connectivity index (χ3v) is 3.79. The van der Waals surface area contributed by atoms with Crippen LogP contribution in [0.3, 0.4) is 0 Å². The average Bonchev–Trinajstić information content (AvgIpc) is 2.52. The molecule has 0 amide bonds. The second-order valence-corrected chi connectivity index (χ2v) is 5.14. The summed E-state index contributed by atoms with van der Waals surface area (Å²) in [5, 5.41) is 0. The second-order valence-electron chi connectivity index (χ2n) is 5.14. The molecular formula is C16H22O4. The van der Waals surface area contributed by atoms with E-state index >= 15 is 0 Å². The van der Waals surface area contributed by atoms with E-state index in [2.05, 4.69) is 0 Å². The van der Waals surface area contributed by atoms with E-state index in [1.54, 1.807) is 25.3 Å². The fourth-order valence-electron chi connectivity index (χ4n) is 2.65. The van der Waals surface area contributed by atoms with E-state index in [0.717, 1.165) is 0 Å². The molecule has 1 saturated carbocycles. The number of carbonyl (C=O) groups excluding carboxylic acids is 1. The first-order chi connectivity index (χ1) is 9.76. The number of esters is 1. The fourth-order valence-corrected chi connectivity index (χ4v) is 2.65. The lowest BCUT2D eigenvalue weighted by Gasteiger charge is -2.23. The number of ether oxygens (including phenoxy) is 3. The van der Waals surface area contributed by atoms with Gasteiger partial charge in [0.05, 0.1) is 20.8 Å². The summed E-state index contributed by atoms with van der Waals surface area (Å²) in [5.41, 5.74) is 0.419.